The van der Waals surface area contributed by atoms with E-state index in [4.69, 9.17) is 4.74 Å². The number of non-ortho nitro benzene ring substituents is 1. The molecule has 9 nitrogen and oxygen atoms in total. The van der Waals surface area contributed by atoms with Crippen molar-refractivity contribution in [3.05, 3.63) is 39.9 Å². The molecule has 2 aliphatic rings. The number of esters is 1. The third-order valence-electron chi connectivity index (χ3n) is 4.74. The topological polar surface area (TPSA) is 119 Å². The number of hydrogen-bond acceptors (Lipinski definition) is 7. The zero-order valence-corrected chi connectivity index (χ0v) is 15.9. The Morgan fingerprint density at radius 3 is 2.52 bits per heavy atom. The molecule has 0 aromatic heterocycles. The Hall–Kier alpha value is -2.62. The molecule has 0 radical (unpaired) electrons. The maximum absolute atomic E-state index is 13.0. The van der Waals surface area contributed by atoms with Crippen molar-refractivity contribution in [3.63, 3.8) is 0 Å². The molecule has 2 heterocycles. The SMILES string of the molecule is CC(=O)NC1(C(=O)OCc2ccc([N+](=O)[O-])cc2)N2C(=O)C[C@H]2SC1(C)C. The van der Waals surface area contributed by atoms with Crippen LogP contribution in [0.1, 0.15) is 32.8 Å². The van der Waals surface area contributed by atoms with Gasteiger partial charge in [-0.3, -0.25) is 24.6 Å². The summed E-state index contributed by atoms with van der Waals surface area (Å²) in [5.74, 6) is -1.40. The van der Waals surface area contributed by atoms with Gasteiger partial charge < -0.3 is 10.1 Å². The second kappa shape index (κ2) is 6.52. The fourth-order valence-corrected chi connectivity index (χ4v) is 5.12. The lowest BCUT2D eigenvalue weighted by atomic mass is 9.89. The molecule has 2 amide bonds. The van der Waals surface area contributed by atoms with E-state index in [1.165, 1.54) is 47.9 Å². The van der Waals surface area contributed by atoms with E-state index in [0.29, 0.717) is 12.0 Å². The third kappa shape index (κ3) is 3.03. The quantitative estimate of drug-likeness (QED) is 0.349. The van der Waals surface area contributed by atoms with Crippen LogP contribution in [0.4, 0.5) is 5.69 Å². The van der Waals surface area contributed by atoms with E-state index >= 15 is 0 Å². The molecular formula is C17H19N3O6S. The molecule has 1 aromatic carbocycles. The minimum Gasteiger partial charge on any atom is -0.458 e. The van der Waals surface area contributed by atoms with Crippen LogP contribution in [-0.2, 0) is 25.7 Å². The zero-order valence-electron chi connectivity index (χ0n) is 15.1. The van der Waals surface area contributed by atoms with Crippen LogP contribution in [-0.4, -0.2) is 43.4 Å². The van der Waals surface area contributed by atoms with Crippen molar-refractivity contribution in [1.29, 1.82) is 0 Å². The number of hydrogen-bond donors (Lipinski definition) is 1. The average molecular weight is 393 g/mol. The highest BCUT2D eigenvalue weighted by atomic mass is 32.2. The Morgan fingerprint density at radius 2 is 2.00 bits per heavy atom. The molecule has 1 aromatic rings. The van der Waals surface area contributed by atoms with Crippen LogP contribution < -0.4 is 5.32 Å². The number of rotatable bonds is 5. The predicted octanol–water partition coefficient (Wildman–Crippen LogP) is 1.55. The lowest BCUT2D eigenvalue weighted by Crippen LogP contribution is -2.75. The number of nitrogens with one attached hydrogen (secondary N) is 1. The molecule has 2 aliphatic heterocycles. The van der Waals surface area contributed by atoms with Gasteiger partial charge in [-0.05, 0) is 31.5 Å². The Bertz CT molecular complexity index is 824. The molecule has 1 unspecified atom stereocenters. The van der Waals surface area contributed by atoms with Crippen LogP contribution in [0.25, 0.3) is 0 Å². The number of benzene rings is 1. The summed E-state index contributed by atoms with van der Waals surface area (Å²) < 4.78 is 4.63. The Labute approximate surface area is 159 Å². The first-order valence-corrected chi connectivity index (χ1v) is 9.16. The highest BCUT2D eigenvalue weighted by Gasteiger charge is 2.70. The first kappa shape index (κ1) is 19.2. The summed E-state index contributed by atoms with van der Waals surface area (Å²) in [6, 6.07) is 5.61. The van der Waals surface area contributed by atoms with Crippen molar-refractivity contribution in [2.75, 3.05) is 0 Å². The number of nitro groups is 1. The summed E-state index contributed by atoms with van der Waals surface area (Å²) in [7, 11) is 0. The molecule has 0 aliphatic carbocycles. The van der Waals surface area contributed by atoms with Crippen LogP contribution in [0, 0.1) is 10.1 Å². The van der Waals surface area contributed by atoms with Gasteiger partial charge in [-0.25, -0.2) is 4.79 Å². The summed E-state index contributed by atoms with van der Waals surface area (Å²) in [4.78, 5) is 48.6. The number of amides is 2. The van der Waals surface area contributed by atoms with Crippen molar-refractivity contribution in [2.24, 2.45) is 0 Å². The third-order valence-corrected chi connectivity index (χ3v) is 6.27. The molecule has 10 heteroatoms. The number of nitro benzene ring substituents is 1. The first-order valence-electron chi connectivity index (χ1n) is 8.28. The molecule has 2 saturated heterocycles. The summed E-state index contributed by atoms with van der Waals surface area (Å²) in [6.07, 6.45) is 0.311. The summed E-state index contributed by atoms with van der Waals surface area (Å²) in [5, 5.41) is 13.2. The zero-order chi connectivity index (χ0) is 20.0. The number of carbonyl (C=O) groups excluding carboxylic acids is 3. The van der Waals surface area contributed by atoms with Crippen molar-refractivity contribution >= 4 is 35.2 Å². The van der Waals surface area contributed by atoms with E-state index in [-0.39, 0.29) is 23.6 Å². The fourth-order valence-electron chi connectivity index (χ4n) is 3.43. The summed E-state index contributed by atoms with van der Waals surface area (Å²) in [6.45, 7) is 4.72. The lowest BCUT2D eigenvalue weighted by molar-refractivity contribution is -0.384. The van der Waals surface area contributed by atoms with Crippen molar-refractivity contribution in [3.8, 4) is 0 Å². The number of nitrogens with zero attached hydrogens (tertiary/aromatic N) is 2. The molecule has 0 bridgehead atoms. The number of β-lactam (4-membered cyclic amide) rings is 1. The summed E-state index contributed by atoms with van der Waals surface area (Å²) >= 11 is 1.44. The minimum atomic E-state index is -1.59. The van der Waals surface area contributed by atoms with Gasteiger partial charge in [0.05, 0.1) is 21.5 Å². The fraction of sp³-hybridized carbons (Fsp3) is 0.471. The Morgan fingerprint density at radius 1 is 1.37 bits per heavy atom. The molecule has 2 fully saturated rings. The van der Waals surface area contributed by atoms with Gasteiger partial charge in [0.15, 0.2) is 0 Å². The monoisotopic (exact) mass is 393 g/mol. The molecule has 0 spiro atoms. The largest absolute Gasteiger partial charge is 0.458 e. The van der Waals surface area contributed by atoms with Crippen molar-refractivity contribution in [2.45, 2.75) is 49.6 Å². The normalized spacial score (nSPS) is 25.4. The van der Waals surface area contributed by atoms with Crippen molar-refractivity contribution in [1.82, 2.24) is 10.2 Å². The van der Waals surface area contributed by atoms with E-state index in [9.17, 15) is 24.5 Å². The Balaban J connectivity index is 1.83. The van der Waals surface area contributed by atoms with E-state index in [2.05, 4.69) is 5.32 Å². The van der Waals surface area contributed by atoms with Gasteiger partial charge in [0.25, 0.3) is 5.69 Å². The van der Waals surface area contributed by atoms with Gasteiger partial charge >= 0.3 is 5.97 Å². The first-order chi connectivity index (χ1) is 12.6. The number of fused-ring (bicyclic) bond motifs is 1. The van der Waals surface area contributed by atoms with Gasteiger partial charge in [0.2, 0.25) is 17.5 Å². The molecule has 3 rings (SSSR count). The standard InChI is InChI=1S/C17H19N3O6S/c1-10(21)18-17(16(2,3)27-14-8-13(22)19(14)17)15(23)26-9-11-4-6-12(7-5-11)20(24)25/h4-7,14H,8-9H2,1-3H3,(H,18,21)/t14-,17?/m1/s1. The molecule has 1 N–H and O–H groups in total. The van der Waals surface area contributed by atoms with E-state index in [1.54, 1.807) is 13.8 Å². The molecule has 2 atom stereocenters. The van der Waals surface area contributed by atoms with Crippen LogP contribution in [0.2, 0.25) is 0 Å². The van der Waals surface area contributed by atoms with E-state index in [1.807, 2.05) is 0 Å². The smallest absolute Gasteiger partial charge is 0.355 e. The van der Waals surface area contributed by atoms with Gasteiger partial charge in [0, 0.05) is 19.1 Å². The second-order valence-corrected chi connectivity index (χ2v) is 8.74. The van der Waals surface area contributed by atoms with Crippen molar-refractivity contribution < 1.29 is 24.0 Å². The maximum atomic E-state index is 13.0. The number of carbonyl (C=O) groups is 3. The van der Waals surface area contributed by atoms with Gasteiger partial charge in [-0.1, -0.05) is 0 Å². The predicted molar refractivity (Wildman–Crippen MR) is 96.4 cm³/mol. The molecule has 27 heavy (non-hydrogen) atoms. The highest BCUT2D eigenvalue weighted by molar-refractivity contribution is 8.01. The maximum Gasteiger partial charge on any atom is 0.355 e. The highest BCUT2D eigenvalue weighted by Crippen LogP contribution is 2.55. The number of ether oxygens (including phenoxy) is 1. The second-order valence-electron chi connectivity index (χ2n) is 6.94. The summed E-state index contributed by atoms with van der Waals surface area (Å²) in [5.41, 5.74) is -1.10. The van der Waals surface area contributed by atoms with E-state index in [0.717, 1.165) is 0 Å². The van der Waals surface area contributed by atoms with Gasteiger partial charge in [0.1, 0.15) is 6.61 Å². The van der Waals surface area contributed by atoms with Crippen LogP contribution in [0.15, 0.2) is 24.3 Å². The van der Waals surface area contributed by atoms with Gasteiger partial charge in [-0.15, -0.1) is 11.8 Å². The molecule has 0 saturated carbocycles. The van der Waals surface area contributed by atoms with Crippen LogP contribution in [0.5, 0.6) is 0 Å². The average Bonchev–Trinajstić information content (AvgIpc) is 2.75. The van der Waals surface area contributed by atoms with Crippen LogP contribution >= 0.6 is 11.8 Å². The van der Waals surface area contributed by atoms with Crippen LogP contribution in [0.3, 0.4) is 0 Å². The number of thioether (sulfide) groups is 1. The van der Waals surface area contributed by atoms with E-state index < -0.39 is 27.2 Å². The Kier molecular flexibility index (Phi) is 4.62. The molecular weight excluding hydrogens is 374 g/mol. The molecule has 144 valence electrons. The minimum absolute atomic E-state index is 0.0675. The van der Waals surface area contributed by atoms with Gasteiger partial charge in [-0.2, -0.15) is 0 Å². The lowest BCUT2D eigenvalue weighted by Gasteiger charge is -2.47.